The Morgan fingerprint density at radius 1 is 1.02 bits per heavy atom. The molecule has 0 aromatic heterocycles. The first-order chi connectivity index (χ1) is 21.0. The lowest BCUT2D eigenvalue weighted by molar-refractivity contribution is -0.150. The molecular weight excluding hydrogens is 628 g/mol. The molecule has 0 unspecified atom stereocenters. The Bertz CT molecular complexity index is 1570. The number of sulfone groups is 1. The van der Waals surface area contributed by atoms with Crippen LogP contribution in [0, 0.1) is 17.2 Å². The molecule has 2 saturated carbocycles. The summed E-state index contributed by atoms with van der Waals surface area (Å²) in [4.78, 5) is 36.9. The smallest absolute Gasteiger partial charge is 0.496 e. The van der Waals surface area contributed by atoms with Crippen LogP contribution in [-0.4, -0.2) is 67.3 Å². The molecule has 2 aliphatic carbocycles. The minimum absolute atomic E-state index is 0.0738. The molecule has 0 radical (unpaired) electrons. The topological polar surface area (TPSA) is 168 Å². The summed E-state index contributed by atoms with van der Waals surface area (Å²) in [6.45, 7) is 1.63. The molecule has 0 aliphatic heterocycles. The number of carboxylic acids is 1. The average molecular weight is 661 g/mol. The zero-order chi connectivity index (χ0) is 33.3. The number of amides is 2. The Balaban J connectivity index is 1.49. The van der Waals surface area contributed by atoms with Crippen LogP contribution in [0.1, 0.15) is 55.8 Å². The number of hydrogen-bond donors (Lipinski definition) is 4. The van der Waals surface area contributed by atoms with Crippen LogP contribution in [0.15, 0.2) is 41.3 Å². The molecule has 0 spiro atoms. The minimum Gasteiger partial charge on any atom is -0.496 e. The SMILES string of the molecule is COc1cc(F)c(O[C@H]2CC[C@@](C)(C(=O)O)CC2)cc1C(=O)N[C@@H]1[C@H](O)CC[C@@H]1C(=O)Nc1cccc(S(=O)(=O)C(F)(F)F)c1. The normalized spacial score (nSPS) is 25.3. The molecule has 4 N–H and O–H groups in total. The summed E-state index contributed by atoms with van der Waals surface area (Å²) in [6, 6.07) is 4.46. The van der Waals surface area contributed by atoms with E-state index in [0.29, 0.717) is 31.7 Å². The van der Waals surface area contributed by atoms with Gasteiger partial charge in [0.1, 0.15) is 5.75 Å². The highest BCUT2D eigenvalue weighted by Gasteiger charge is 2.47. The lowest BCUT2D eigenvalue weighted by Crippen LogP contribution is -2.47. The van der Waals surface area contributed by atoms with Crippen molar-refractivity contribution in [2.75, 3.05) is 12.4 Å². The number of benzene rings is 2. The summed E-state index contributed by atoms with van der Waals surface area (Å²) in [7, 11) is -4.47. The summed E-state index contributed by atoms with van der Waals surface area (Å²) in [6.07, 6.45) is -0.257. The molecule has 16 heteroatoms. The minimum atomic E-state index is -5.67. The van der Waals surface area contributed by atoms with Crippen molar-refractivity contribution < 1.29 is 60.0 Å². The van der Waals surface area contributed by atoms with E-state index >= 15 is 0 Å². The van der Waals surface area contributed by atoms with Gasteiger partial charge in [0, 0.05) is 11.8 Å². The summed E-state index contributed by atoms with van der Waals surface area (Å²) in [5, 5.41) is 24.9. The molecule has 45 heavy (non-hydrogen) atoms. The van der Waals surface area contributed by atoms with Crippen molar-refractivity contribution >= 4 is 33.3 Å². The van der Waals surface area contributed by atoms with E-state index in [2.05, 4.69) is 10.6 Å². The number of ether oxygens (including phenoxy) is 2. The summed E-state index contributed by atoms with van der Waals surface area (Å²) < 4.78 is 88.4. The number of hydrogen-bond acceptors (Lipinski definition) is 8. The highest BCUT2D eigenvalue weighted by Crippen LogP contribution is 2.39. The van der Waals surface area contributed by atoms with Gasteiger partial charge in [-0.15, -0.1) is 0 Å². The summed E-state index contributed by atoms with van der Waals surface area (Å²) in [5.41, 5.74) is -6.89. The second-order valence-corrected chi connectivity index (χ2v) is 13.3. The lowest BCUT2D eigenvalue weighted by atomic mass is 9.75. The summed E-state index contributed by atoms with van der Waals surface area (Å²) >= 11 is 0. The van der Waals surface area contributed by atoms with Gasteiger partial charge in [-0.3, -0.25) is 14.4 Å². The number of aliphatic carboxylic acids is 1. The molecule has 3 atom stereocenters. The first-order valence-electron chi connectivity index (χ1n) is 14.0. The fourth-order valence-electron chi connectivity index (χ4n) is 5.52. The maximum absolute atomic E-state index is 14.9. The number of carboxylic acid groups (broad SMARTS) is 1. The van der Waals surface area contributed by atoms with Crippen LogP contribution >= 0.6 is 0 Å². The Morgan fingerprint density at radius 3 is 2.29 bits per heavy atom. The molecule has 2 fully saturated rings. The van der Waals surface area contributed by atoms with Crippen molar-refractivity contribution in [1.82, 2.24) is 5.32 Å². The van der Waals surface area contributed by atoms with Gasteiger partial charge in [0.2, 0.25) is 5.91 Å². The predicted octanol–water partition coefficient (Wildman–Crippen LogP) is 4.05. The Hall–Kier alpha value is -3.92. The monoisotopic (exact) mass is 660 g/mol. The third kappa shape index (κ3) is 7.16. The van der Waals surface area contributed by atoms with Gasteiger partial charge in [0.25, 0.3) is 15.7 Å². The number of aliphatic hydroxyl groups excluding tert-OH is 1. The second kappa shape index (κ2) is 12.8. The van der Waals surface area contributed by atoms with Crippen LogP contribution in [0.25, 0.3) is 0 Å². The zero-order valence-electron chi connectivity index (χ0n) is 24.2. The lowest BCUT2D eigenvalue weighted by Gasteiger charge is -2.34. The first-order valence-corrected chi connectivity index (χ1v) is 15.4. The second-order valence-electron chi connectivity index (χ2n) is 11.4. The third-order valence-corrected chi connectivity index (χ3v) is 9.80. The maximum atomic E-state index is 14.9. The van der Waals surface area contributed by atoms with Crippen molar-refractivity contribution in [3.8, 4) is 11.5 Å². The van der Waals surface area contributed by atoms with Crippen molar-refractivity contribution in [2.24, 2.45) is 11.3 Å². The van der Waals surface area contributed by atoms with E-state index < -0.39 is 73.4 Å². The molecular formula is C29H32F4N2O9S. The maximum Gasteiger partial charge on any atom is 0.501 e. The summed E-state index contributed by atoms with van der Waals surface area (Å²) in [5.74, 6) is -4.92. The van der Waals surface area contributed by atoms with Gasteiger partial charge in [0.05, 0.1) is 47.2 Å². The Kier molecular flexibility index (Phi) is 9.68. The van der Waals surface area contributed by atoms with Crippen molar-refractivity contribution in [3.05, 3.63) is 47.8 Å². The van der Waals surface area contributed by atoms with Gasteiger partial charge in [-0.25, -0.2) is 12.8 Å². The van der Waals surface area contributed by atoms with Gasteiger partial charge in [-0.2, -0.15) is 13.2 Å². The average Bonchev–Trinajstić information content (AvgIpc) is 3.34. The number of carbonyl (C=O) groups is 3. The Labute approximate surface area is 255 Å². The number of nitrogens with one attached hydrogen (secondary N) is 2. The van der Waals surface area contributed by atoms with Crippen LogP contribution in [-0.2, 0) is 19.4 Å². The van der Waals surface area contributed by atoms with Gasteiger partial charge in [-0.1, -0.05) is 6.07 Å². The molecule has 0 heterocycles. The molecule has 11 nitrogen and oxygen atoms in total. The van der Waals surface area contributed by atoms with Crippen LogP contribution < -0.4 is 20.1 Å². The molecule has 2 aromatic carbocycles. The van der Waals surface area contributed by atoms with E-state index in [0.717, 1.165) is 24.3 Å². The molecule has 4 rings (SSSR count). The van der Waals surface area contributed by atoms with Crippen LogP contribution in [0.5, 0.6) is 11.5 Å². The fourth-order valence-corrected chi connectivity index (χ4v) is 6.33. The van der Waals surface area contributed by atoms with E-state index in [4.69, 9.17) is 9.47 Å². The van der Waals surface area contributed by atoms with Crippen LogP contribution in [0.4, 0.5) is 23.2 Å². The van der Waals surface area contributed by atoms with Gasteiger partial charge in [-0.05, 0) is 69.7 Å². The number of aliphatic hydroxyl groups is 1. The Morgan fingerprint density at radius 2 is 1.69 bits per heavy atom. The van der Waals surface area contributed by atoms with E-state index in [1.807, 2.05) is 0 Å². The van der Waals surface area contributed by atoms with E-state index in [1.165, 1.54) is 13.2 Å². The molecule has 2 amide bonds. The number of anilines is 1. The number of methoxy groups -OCH3 is 1. The molecule has 0 saturated heterocycles. The molecule has 246 valence electrons. The number of rotatable bonds is 9. The largest absolute Gasteiger partial charge is 0.501 e. The first kappa shape index (κ1) is 34.0. The van der Waals surface area contributed by atoms with Crippen molar-refractivity contribution in [1.29, 1.82) is 0 Å². The van der Waals surface area contributed by atoms with Crippen LogP contribution in [0.2, 0.25) is 0 Å². The van der Waals surface area contributed by atoms with Crippen molar-refractivity contribution in [2.45, 2.75) is 74.1 Å². The molecule has 0 bridgehead atoms. The van der Waals surface area contributed by atoms with E-state index in [9.17, 15) is 50.6 Å². The molecule has 2 aromatic rings. The van der Waals surface area contributed by atoms with Gasteiger partial charge >= 0.3 is 11.5 Å². The molecule has 2 aliphatic rings. The number of halogens is 4. The highest BCUT2D eigenvalue weighted by molar-refractivity contribution is 7.92. The predicted molar refractivity (Wildman–Crippen MR) is 150 cm³/mol. The van der Waals surface area contributed by atoms with E-state index in [1.54, 1.807) is 6.92 Å². The quantitative estimate of drug-likeness (QED) is 0.290. The third-order valence-electron chi connectivity index (χ3n) is 8.32. The standard InChI is InChI=1S/C29H32F4N2O9S/c1-28(27(39)40)10-8-16(9-11-28)44-23-13-19(22(43-2)14-20(23)30)26(38)35-24-18(6-7-21(24)36)25(37)34-15-4-3-5-17(12-15)45(41,42)29(31,32)33/h3-5,12-14,16,18,21,24,36H,6-11H2,1-2H3,(H,34,37)(H,35,38)(H,39,40)/t16-,18-,21+,24-,28+/m0/s1. The van der Waals surface area contributed by atoms with Gasteiger partial charge < -0.3 is 30.3 Å². The van der Waals surface area contributed by atoms with Crippen molar-refractivity contribution in [3.63, 3.8) is 0 Å². The van der Waals surface area contributed by atoms with E-state index in [-0.39, 0.29) is 35.6 Å². The number of carbonyl (C=O) groups excluding carboxylic acids is 2. The fraction of sp³-hybridized carbons (Fsp3) is 0.483. The zero-order valence-corrected chi connectivity index (χ0v) is 25.0. The number of alkyl halides is 3. The van der Waals surface area contributed by atoms with Gasteiger partial charge in [0.15, 0.2) is 11.6 Å². The van der Waals surface area contributed by atoms with Crippen LogP contribution in [0.3, 0.4) is 0 Å². The highest BCUT2D eigenvalue weighted by atomic mass is 32.2.